The second-order valence-electron chi connectivity index (χ2n) is 9.01. The molecule has 3 aliphatic rings. The zero-order chi connectivity index (χ0) is 23.2. The summed E-state index contributed by atoms with van der Waals surface area (Å²) in [6.07, 6.45) is 4.11. The van der Waals surface area contributed by atoms with E-state index in [9.17, 15) is 19.5 Å². The zero-order valence-corrected chi connectivity index (χ0v) is 18.6. The van der Waals surface area contributed by atoms with Crippen molar-refractivity contribution in [3.8, 4) is 5.75 Å². The van der Waals surface area contributed by atoms with Crippen LogP contribution in [0.4, 0.5) is 11.4 Å². The van der Waals surface area contributed by atoms with Crippen molar-refractivity contribution in [3.05, 3.63) is 52.6 Å². The van der Waals surface area contributed by atoms with Gasteiger partial charge in [-0.05, 0) is 78.6 Å². The maximum Gasteiger partial charge on any atom is 0.313 e. The lowest BCUT2D eigenvalue weighted by molar-refractivity contribution is -0.137. The number of amides is 3. The fourth-order valence-corrected chi connectivity index (χ4v) is 5.29. The molecule has 2 aromatic rings. The minimum Gasteiger partial charge on any atom is -0.497 e. The number of hydrogen-bond acceptors (Lipinski definition) is 5. The van der Waals surface area contributed by atoms with Crippen LogP contribution in [0.15, 0.2) is 30.3 Å². The first kappa shape index (κ1) is 21.5. The van der Waals surface area contributed by atoms with Crippen molar-refractivity contribution >= 4 is 29.1 Å². The molecular formula is C25H27N3O5. The average molecular weight is 450 g/mol. The smallest absolute Gasteiger partial charge is 0.313 e. The standard InChI is InChI=1S/C25H27N3O5/c1-33-19-6-7-20-15(12-19)4-2-8-25(20,32)14-26-23(30)24(31)27-18-10-16-5-3-9-28-21(29)13-17(11-18)22(16)28/h6-7,10-12,32H,2-5,8-9,13-14H2,1H3,(H,26,30)(H,27,31)/t25-/m1/s1. The minimum atomic E-state index is -1.24. The van der Waals surface area contributed by atoms with Crippen molar-refractivity contribution in [1.82, 2.24) is 5.32 Å². The molecule has 0 radical (unpaired) electrons. The molecule has 5 rings (SSSR count). The first-order valence-corrected chi connectivity index (χ1v) is 11.3. The van der Waals surface area contributed by atoms with Gasteiger partial charge in [0.2, 0.25) is 5.91 Å². The first-order chi connectivity index (χ1) is 15.9. The van der Waals surface area contributed by atoms with Crippen LogP contribution in [0.3, 0.4) is 0 Å². The fraction of sp³-hybridized carbons (Fsp3) is 0.400. The van der Waals surface area contributed by atoms with Crippen LogP contribution >= 0.6 is 0 Å². The molecule has 0 aromatic heterocycles. The van der Waals surface area contributed by atoms with Crippen molar-refractivity contribution in [3.63, 3.8) is 0 Å². The first-order valence-electron chi connectivity index (χ1n) is 11.3. The van der Waals surface area contributed by atoms with Crippen molar-refractivity contribution in [2.24, 2.45) is 0 Å². The monoisotopic (exact) mass is 449 g/mol. The Balaban J connectivity index is 1.26. The predicted octanol–water partition coefficient (Wildman–Crippen LogP) is 1.81. The number of anilines is 2. The third-order valence-electron chi connectivity index (χ3n) is 6.86. The van der Waals surface area contributed by atoms with Gasteiger partial charge in [-0.25, -0.2) is 0 Å². The second kappa shape index (κ2) is 8.19. The number of fused-ring (bicyclic) bond motifs is 1. The third-order valence-corrected chi connectivity index (χ3v) is 6.86. The number of rotatable bonds is 4. The number of aliphatic hydroxyl groups is 1. The van der Waals surface area contributed by atoms with E-state index in [1.807, 2.05) is 23.1 Å². The number of benzene rings is 2. The van der Waals surface area contributed by atoms with Crippen molar-refractivity contribution in [2.45, 2.75) is 44.1 Å². The summed E-state index contributed by atoms with van der Waals surface area (Å²) in [5.41, 5.74) is 3.87. The van der Waals surface area contributed by atoms with E-state index in [4.69, 9.17) is 4.74 Å². The Hall–Kier alpha value is -3.39. The topological polar surface area (TPSA) is 108 Å². The zero-order valence-electron chi connectivity index (χ0n) is 18.6. The van der Waals surface area contributed by atoms with Crippen LogP contribution in [-0.2, 0) is 39.2 Å². The molecule has 8 nitrogen and oxygen atoms in total. The van der Waals surface area contributed by atoms with Gasteiger partial charge in [-0.1, -0.05) is 6.07 Å². The van der Waals surface area contributed by atoms with Crippen molar-refractivity contribution in [1.29, 1.82) is 0 Å². The Kier molecular flexibility index (Phi) is 5.32. The molecule has 0 saturated carbocycles. The van der Waals surface area contributed by atoms with Gasteiger partial charge in [-0.3, -0.25) is 14.4 Å². The molecule has 0 unspecified atom stereocenters. The maximum absolute atomic E-state index is 12.6. The van der Waals surface area contributed by atoms with Crippen LogP contribution in [0.25, 0.3) is 0 Å². The van der Waals surface area contributed by atoms with E-state index in [-0.39, 0.29) is 12.5 Å². The Bertz CT molecular complexity index is 1160. The normalized spacial score (nSPS) is 20.7. The number of carbonyl (C=O) groups is 3. The summed E-state index contributed by atoms with van der Waals surface area (Å²) in [7, 11) is 1.60. The molecule has 2 heterocycles. The van der Waals surface area contributed by atoms with E-state index >= 15 is 0 Å². The summed E-state index contributed by atoms with van der Waals surface area (Å²) in [4.78, 5) is 39.1. The van der Waals surface area contributed by atoms with Gasteiger partial charge in [-0.15, -0.1) is 0 Å². The molecule has 1 aliphatic carbocycles. The van der Waals surface area contributed by atoms with E-state index < -0.39 is 17.4 Å². The summed E-state index contributed by atoms with van der Waals surface area (Å²) in [6.45, 7) is 0.670. The van der Waals surface area contributed by atoms with Crippen LogP contribution in [0.1, 0.15) is 41.5 Å². The Morgan fingerprint density at radius 3 is 2.70 bits per heavy atom. The number of methoxy groups -OCH3 is 1. The van der Waals surface area contributed by atoms with Gasteiger partial charge in [0, 0.05) is 12.2 Å². The number of nitrogens with zero attached hydrogens (tertiary/aromatic N) is 1. The Morgan fingerprint density at radius 1 is 1.09 bits per heavy atom. The lowest BCUT2D eigenvalue weighted by Gasteiger charge is -2.34. The maximum atomic E-state index is 12.6. The molecule has 0 saturated heterocycles. The van der Waals surface area contributed by atoms with Crippen LogP contribution in [-0.4, -0.2) is 43.0 Å². The highest BCUT2D eigenvalue weighted by molar-refractivity contribution is 6.39. The second-order valence-corrected chi connectivity index (χ2v) is 9.01. The highest BCUT2D eigenvalue weighted by Crippen LogP contribution is 2.39. The van der Waals surface area contributed by atoms with Gasteiger partial charge in [-0.2, -0.15) is 0 Å². The van der Waals surface area contributed by atoms with Gasteiger partial charge >= 0.3 is 11.8 Å². The summed E-state index contributed by atoms with van der Waals surface area (Å²) in [5.74, 6) is -0.810. The average Bonchev–Trinajstić information content (AvgIpc) is 3.14. The molecule has 3 N–H and O–H groups in total. The molecule has 1 atom stereocenters. The van der Waals surface area contributed by atoms with Gasteiger partial charge in [0.1, 0.15) is 11.4 Å². The minimum absolute atomic E-state index is 0.0581. The SMILES string of the molecule is COc1ccc2c(c1)CCC[C@@]2(O)CNC(=O)C(=O)Nc1cc2c3c(c1)CC(=O)N3CCC2. The predicted molar refractivity (Wildman–Crippen MR) is 122 cm³/mol. The number of carbonyl (C=O) groups excluding carboxylic acids is 3. The summed E-state index contributed by atoms with van der Waals surface area (Å²) in [5, 5.41) is 16.5. The molecular weight excluding hydrogens is 422 g/mol. The van der Waals surface area contributed by atoms with Gasteiger partial charge < -0.3 is 25.4 Å². The molecule has 8 heteroatoms. The molecule has 0 bridgehead atoms. The van der Waals surface area contributed by atoms with E-state index in [1.54, 1.807) is 19.2 Å². The highest BCUT2D eigenvalue weighted by Gasteiger charge is 2.36. The van der Waals surface area contributed by atoms with Crippen LogP contribution in [0, 0.1) is 0 Å². The number of hydrogen-bond donors (Lipinski definition) is 3. The molecule has 33 heavy (non-hydrogen) atoms. The van der Waals surface area contributed by atoms with Crippen LogP contribution in [0.5, 0.6) is 5.75 Å². The molecule has 2 aromatic carbocycles. The molecule has 172 valence electrons. The largest absolute Gasteiger partial charge is 0.497 e. The van der Waals surface area contributed by atoms with Crippen molar-refractivity contribution < 1.29 is 24.2 Å². The van der Waals surface area contributed by atoms with Gasteiger partial charge in [0.25, 0.3) is 0 Å². The van der Waals surface area contributed by atoms with Crippen LogP contribution < -0.4 is 20.3 Å². The van der Waals surface area contributed by atoms with Crippen LogP contribution in [0.2, 0.25) is 0 Å². The van der Waals surface area contributed by atoms with E-state index in [0.717, 1.165) is 65.9 Å². The number of ether oxygens (including phenoxy) is 1. The third kappa shape index (κ3) is 3.84. The highest BCUT2D eigenvalue weighted by atomic mass is 16.5. The summed E-state index contributed by atoms with van der Waals surface area (Å²) >= 11 is 0. The number of nitrogens with one attached hydrogen (secondary N) is 2. The fourth-order valence-electron chi connectivity index (χ4n) is 5.29. The quantitative estimate of drug-likeness (QED) is 0.617. The van der Waals surface area contributed by atoms with Crippen molar-refractivity contribution in [2.75, 3.05) is 30.4 Å². The Morgan fingerprint density at radius 2 is 1.88 bits per heavy atom. The van der Waals surface area contributed by atoms with Gasteiger partial charge in [0.15, 0.2) is 0 Å². The van der Waals surface area contributed by atoms with E-state index in [2.05, 4.69) is 10.6 Å². The van der Waals surface area contributed by atoms with E-state index in [0.29, 0.717) is 18.5 Å². The Labute approximate surface area is 191 Å². The molecule has 0 fully saturated rings. The summed E-state index contributed by atoms with van der Waals surface area (Å²) in [6, 6.07) is 9.12. The van der Waals surface area contributed by atoms with E-state index in [1.165, 1.54) is 0 Å². The van der Waals surface area contributed by atoms with Gasteiger partial charge in [0.05, 0.1) is 25.8 Å². The lowest BCUT2D eigenvalue weighted by Crippen LogP contribution is -2.46. The lowest BCUT2D eigenvalue weighted by atomic mass is 9.79. The molecule has 2 aliphatic heterocycles. The molecule has 0 spiro atoms. The number of aryl methyl sites for hydroxylation is 2. The molecule has 3 amide bonds. The summed E-state index contributed by atoms with van der Waals surface area (Å²) < 4.78 is 5.27.